The molecule has 1 N–H and O–H groups in total. The molecule has 2 heterocycles. The summed E-state index contributed by atoms with van der Waals surface area (Å²) in [6.45, 7) is 2.08. The lowest BCUT2D eigenvalue weighted by Gasteiger charge is -2.15. The number of carbonyl (C=O) groups is 1. The summed E-state index contributed by atoms with van der Waals surface area (Å²) in [5.41, 5.74) is 0.989. The average Bonchev–Trinajstić information content (AvgIpc) is 2.91. The van der Waals surface area contributed by atoms with Crippen LogP contribution in [0, 0.1) is 0 Å². The first-order valence-corrected chi connectivity index (χ1v) is 6.89. The smallest absolute Gasteiger partial charge is 0.224 e. The third-order valence-corrected chi connectivity index (χ3v) is 3.73. The fourth-order valence-corrected chi connectivity index (χ4v) is 2.66. The first-order chi connectivity index (χ1) is 8.79. The van der Waals surface area contributed by atoms with Gasteiger partial charge in [-0.05, 0) is 35.6 Å². The number of pyridine rings is 1. The molecule has 1 amide bonds. The Labute approximate surface area is 111 Å². The van der Waals surface area contributed by atoms with Crippen molar-refractivity contribution in [1.29, 1.82) is 0 Å². The van der Waals surface area contributed by atoms with E-state index in [9.17, 15) is 4.79 Å². The SMILES string of the molecule is CCC(NC(=O)Cc1ccncc1)c1cccs1. The molecule has 0 aliphatic carbocycles. The van der Waals surface area contributed by atoms with Crippen LogP contribution in [-0.2, 0) is 11.2 Å². The molecule has 0 aliphatic heterocycles. The predicted octanol–water partition coefficient (Wildman–Crippen LogP) is 2.95. The lowest BCUT2D eigenvalue weighted by Crippen LogP contribution is -2.29. The summed E-state index contributed by atoms with van der Waals surface area (Å²) in [7, 11) is 0. The van der Waals surface area contributed by atoms with Gasteiger partial charge in [0.1, 0.15) is 0 Å². The van der Waals surface area contributed by atoms with Crippen molar-refractivity contribution in [3.63, 3.8) is 0 Å². The van der Waals surface area contributed by atoms with Crippen LogP contribution in [-0.4, -0.2) is 10.9 Å². The van der Waals surface area contributed by atoms with E-state index >= 15 is 0 Å². The fourth-order valence-electron chi connectivity index (χ4n) is 1.80. The van der Waals surface area contributed by atoms with Gasteiger partial charge in [-0.25, -0.2) is 0 Å². The molecule has 0 saturated carbocycles. The minimum absolute atomic E-state index is 0.0569. The van der Waals surface area contributed by atoms with Crippen LogP contribution in [0.4, 0.5) is 0 Å². The van der Waals surface area contributed by atoms with E-state index in [-0.39, 0.29) is 11.9 Å². The number of nitrogens with one attached hydrogen (secondary N) is 1. The second-order valence-corrected chi connectivity index (χ2v) is 5.06. The summed E-state index contributed by atoms with van der Waals surface area (Å²) in [5, 5.41) is 5.10. The van der Waals surface area contributed by atoms with Crippen LogP contribution in [0.3, 0.4) is 0 Å². The zero-order chi connectivity index (χ0) is 12.8. The molecule has 4 heteroatoms. The fraction of sp³-hybridized carbons (Fsp3) is 0.286. The monoisotopic (exact) mass is 260 g/mol. The van der Waals surface area contributed by atoms with Crippen LogP contribution in [0.5, 0.6) is 0 Å². The summed E-state index contributed by atoms with van der Waals surface area (Å²) in [5.74, 6) is 0.0569. The first kappa shape index (κ1) is 12.8. The lowest BCUT2D eigenvalue weighted by molar-refractivity contribution is -0.121. The Kier molecular flexibility index (Phi) is 4.47. The summed E-state index contributed by atoms with van der Waals surface area (Å²) in [6.07, 6.45) is 4.73. The van der Waals surface area contributed by atoms with Gasteiger partial charge in [0.2, 0.25) is 5.91 Å². The number of thiophene rings is 1. The van der Waals surface area contributed by atoms with Crippen LogP contribution in [0.2, 0.25) is 0 Å². The van der Waals surface area contributed by atoms with Gasteiger partial charge in [0.05, 0.1) is 12.5 Å². The summed E-state index contributed by atoms with van der Waals surface area (Å²) in [4.78, 5) is 17.1. The van der Waals surface area contributed by atoms with Crippen molar-refractivity contribution in [2.24, 2.45) is 0 Å². The van der Waals surface area contributed by atoms with Crippen molar-refractivity contribution >= 4 is 17.2 Å². The lowest BCUT2D eigenvalue weighted by atomic mass is 10.1. The molecule has 1 unspecified atom stereocenters. The Morgan fingerprint density at radius 2 is 2.17 bits per heavy atom. The zero-order valence-electron chi connectivity index (χ0n) is 10.3. The van der Waals surface area contributed by atoms with E-state index in [1.54, 1.807) is 23.7 Å². The van der Waals surface area contributed by atoms with Gasteiger partial charge >= 0.3 is 0 Å². The summed E-state index contributed by atoms with van der Waals surface area (Å²) >= 11 is 1.68. The van der Waals surface area contributed by atoms with Crippen molar-refractivity contribution < 1.29 is 4.79 Å². The molecule has 2 aromatic rings. The minimum atomic E-state index is 0.0569. The Bertz CT molecular complexity index is 482. The van der Waals surface area contributed by atoms with Gasteiger partial charge in [-0.1, -0.05) is 13.0 Å². The molecule has 18 heavy (non-hydrogen) atoms. The number of hydrogen-bond donors (Lipinski definition) is 1. The number of hydrogen-bond acceptors (Lipinski definition) is 3. The van der Waals surface area contributed by atoms with Crippen LogP contribution >= 0.6 is 11.3 Å². The van der Waals surface area contributed by atoms with Gasteiger partial charge in [0.15, 0.2) is 0 Å². The third kappa shape index (κ3) is 3.40. The molecule has 3 nitrogen and oxygen atoms in total. The van der Waals surface area contributed by atoms with E-state index in [4.69, 9.17) is 0 Å². The number of rotatable bonds is 5. The van der Waals surface area contributed by atoms with Gasteiger partial charge < -0.3 is 5.32 Å². The van der Waals surface area contributed by atoms with Crippen molar-refractivity contribution in [3.05, 3.63) is 52.5 Å². The molecule has 0 saturated heterocycles. The van der Waals surface area contributed by atoms with Gasteiger partial charge in [0.25, 0.3) is 0 Å². The number of nitrogens with zero attached hydrogens (tertiary/aromatic N) is 1. The number of carbonyl (C=O) groups excluding carboxylic acids is 1. The largest absolute Gasteiger partial charge is 0.348 e. The molecule has 94 valence electrons. The maximum Gasteiger partial charge on any atom is 0.224 e. The minimum Gasteiger partial charge on any atom is -0.348 e. The molecule has 0 aliphatic rings. The van der Waals surface area contributed by atoms with Crippen molar-refractivity contribution in [2.75, 3.05) is 0 Å². The van der Waals surface area contributed by atoms with Gasteiger partial charge in [-0.15, -0.1) is 11.3 Å². The van der Waals surface area contributed by atoms with Crippen LogP contribution < -0.4 is 5.32 Å². The molecule has 0 spiro atoms. The third-order valence-electron chi connectivity index (χ3n) is 2.74. The molecular weight excluding hydrogens is 244 g/mol. The van der Waals surface area contributed by atoms with Crippen LogP contribution in [0.15, 0.2) is 42.0 Å². The summed E-state index contributed by atoms with van der Waals surface area (Å²) < 4.78 is 0. The Hall–Kier alpha value is -1.68. The number of amides is 1. The zero-order valence-corrected chi connectivity index (χ0v) is 11.1. The molecule has 1 atom stereocenters. The molecular formula is C14H16N2OS. The van der Waals surface area contributed by atoms with Gasteiger partial charge in [-0.3, -0.25) is 9.78 Å². The van der Waals surface area contributed by atoms with Gasteiger partial charge in [0, 0.05) is 17.3 Å². The second kappa shape index (κ2) is 6.31. The predicted molar refractivity (Wildman–Crippen MR) is 73.4 cm³/mol. The highest BCUT2D eigenvalue weighted by Crippen LogP contribution is 2.21. The quantitative estimate of drug-likeness (QED) is 0.898. The molecule has 0 aromatic carbocycles. The average molecular weight is 260 g/mol. The Balaban J connectivity index is 1.94. The molecule has 2 aromatic heterocycles. The molecule has 0 fully saturated rings. The summed E-state index contributed by atoms with van der Waals surface area (Å²) in [6, 6.07) is 7.93. The highest BCUT2D eigenvalue weighted by atomic mass is 32.1. The van der Waals surface area contributed by atoms with E-state index in [1.165, 1.54) is 4.88 Å². The van der Waals surface area contributed by atoms with Crippen molar-refractivity contribution in [3.8, 4) is 0 Å². The van der Waals surface area contributed by atoms with E-state index in [1.807, 2.05) is 23.6 Å². The van der Waals surface area contributed by atoms with Crippen LogP contribution in [0.25, 0.3) is 0 Å². The number of aromatic nitrogens is 1. The van der Waals surface area contributed by atoms with Crippen molar-refractivity contribution in [1.82, 2.24) is 10.3 Å². The van der Waals surface area contributed by atoms with Crippen molar-refractivity contribution in [2.45, 2.75) is 25.8 Å². The highest BCUT2D eigenvalue weighted by molar-refractivity contribution is 7.10. The second-order valence-electron chi connectivity index (χ2n) is 4.08. The highest BCUT2D eigenvalue weighted by Gasteiger charge is 2.13. The van der Waals surface area contributed by atoms with E-state index in [0.717, 1.165) is 12.0 Å². The maximum atomic E-state index is 12.0. The van der Waals surface area contributed by atoms with E-state index in [0.29, 0.717) is 6.42 Å². The standard InChI is InChI=1S/C14H16N2OS/c1-2-12(13-4-3-9-18-13)16-14(17)10-11-5-7-15-8-6-11/h3-9,12H,2,10H2,1H3,(H,16,17). The van der Waals surface area contributed by atoms with E-state index in [2.05, 4.69) is 23.3 Å². The molecule has 0 bridgehead atoms. The molecule has 0 radical (unpaired) electrons. The maximum absolute atomic E-state index is 12.0. The Morgan fingerprint density at radius 3 is 2.78 bits per heavy atom. The topological polar surface area (TPSA) is 42.0 Å². The van der Waals surface area contributed by atoms with Gasteiger partial charge in [-0.2, -0.15) is 0 Å². The van der Waals surface area contributed by atoms with E-state index < -0.39 is 0 Å². The Morgan fingerprint density at radius 1 is 1.39 bits per heavy atom. The normalized spacial score (nSPS) is 12.1. The first-order valence-electron chi connectivity index (χ1n) is 6.01. The molecule has 2 rings (SSSR count). The van der Waals surface area contributed by atoms with Crippen LogP contribution in [0.1, 0.15) is 29.8 Å².